The molecular weight excluding hydrogens is 433 g/mol. The van der Waals surface area contributed by atoms with Crippen molar-refractivity contribution in [3.63, 3.8) is 0 Å². The van der Waals surface area contributed by atoms with E-state index in [4.69, 9.17) is 40.5 Å². The lowest BCUT2D eigenvalue weighted by atomic mass is 10.1. The fourth-order valence-corrected chi connectivity index (χ4v) is 3.61. The second-order valence-electron chi connectivity index (χ2n) is 6.77. The first-order chi connectivity index (χ1) is 13.9. The van der Waals surface area contributed by atoms with Crippen molar-refractivity contribution < 1.29 is 4.79 Å². The Hall–Kier alpha value is -2.05. The molecule has 1 unspecified atom stereocenters. The molecule has 0 radical (unpaired) electrons. The normalized spacial score (nSPS) is 12.1. The summed E-state index contributed by atoms with van der Waals surface area (Å²) in [5.41, 5.74) is 6.86. The summed E-state index contributed by atoms with van der Waals surface area (Å²) in [6.07, 6.45) is 1.84. The zero-order chi connectivity index (χ0) is 21.0. The number of fused-ring (bicyclic) bond motifs is 1. The Morgan fingerprint density at radius 3 is 2.59 bits per heavy atom. The fraction of sp³-hybridized carbons (Fsp3) is 0.238. The van der Waals surface area contributed by atoms with Crippen molar-refractivity contribution in [1.29, 1.82) is 0 Å². The summed E-state index contributed by atoms with van der Waals surface area (Å²) in [7, 11) is 0. The van der Waals surface area contributed by atoms with Crippen LogP contribution in [-0.4, -0.2) is 22.9 Å². The van der Waals surface area contributed by atoms with E-state index in [1.54, 1.807) is 47.2 Å². The average Bonchev–Trinajstić information content (AvgIpc) is 2.71. The first-order valence-corrected chi connectivity index (χ1v) is 10.3. The number of nitrogens with one attached hydrogen (secondary N) is 1. The highest BCUT2D eigenvalue weighted by atomic mass is 35.5. The fourth-order valence-electron chi connectivity index (χ4n) is 3.06. The second kappa shape index (κ2) is 9.63. The summed E-state index contributed by atoms with van der Waals surface area (Å²) in [5.74, 6) is 0.178. The number of benzene rings is 2. The number of anilines is 1. The first-order valence-electron chi connectivity index (χ1n) is 9.05. The number of nitrogens with two attached hydrogens (primary N) is 1. The molecule has 8 heteroatoms. The van der Waals surface area contributed by atoms with Crippen LogP contribution in [0.25, 0.3) is 10.8 Å². The number of aromatic nitrogens is 1. The number of pyridine rings is 1. The van der Waals surface area contributed by atoms with Crippen LogP contribution in [0.1, 0.15) is 5.56 Å². The second-order valence-corrected chi connectivity index (χ2v) is 7.89. The highest BCUT2D eigenvalue weighted by Gasteiger charge is 2.12. The van der Waals surface area contributed by atoms with E-state index < -0.39 is 0 Å². The van der Waals surface area contributed by atoms with Gasteiger partial charge in [0.15, 0.2) is 0 Å². The van der Waals surface area contributed by atoms with Crippen molar-refractivity contribution >= 4 is 57.2 Å². The zero-order valence-corrected chi connectivity index (χ0v) is 17.8. The molecule has 3 rings (SSSR count). The van der Waals surface area contributed by atoms with Crippen LogP contribution < -0.4 is 16.6 Å². The Bertz CT molecular complexity index is 1090. The van der Waals surface area contributed by atoms with Gasteiger partial charge in [-0.2, -0.15) is 0 Å². The molecule has 0 aliphatic heterocycles. The van der Waals surface area contributed by atoms with Gasteiger partial charge in [-0.15, -0.1) is 11.6 Å². The third-order valence-corrected chi connectivity index (χ3v) is 5.82. The van der Waals surface area contributed by atoms with Gasteiger partial charge in [0, 0.05) is 41.0 Å². The average molecular weight is 453 g/mol. The lowest BCUT2D eigenvalue weighted by Crippen LogP contribution is -2.28. The molecule has 3 aromatic rings. The maximum Gasteiger partial charge on any atom is 0.258 e. The van der Waals surface area contributed by atoms with Gasteiger partial charge in [-0.3, -0.25) is 9.59 Å². The Balaban J connectivity index is 1.84. The monoisotopic (exact) mass is 451 g/mol. The molecule has 0 fully saturated rings. The van der Waals surface area contributed by atoms with Crippen LogP contribution in [0.5, 0.6) is 0 Å². The Kier molecular flexibility index (Phi) is 7.19. The van der Waals surface area contributed by atoms with E-state index in [1.165, 1.54) is 0 Å². The summed E-state index contributed by atoms with van der Waals surface area (Å²) >= 11 is 17.8. The molecule has 29 heavy (non-hydrogen) atoms. The van der Waals surface area contributed by atoms with Crippen LogP contribution in [0.15, 0.2) is 53.5 Å². The van der Waals surface area contributed by atoms with Gasteiger partial charge in [0.05, 0.1) is 16.5 Å². The molecule has 1 atom stereocenters. The minimum atomic E-state index is -0.217. The summed E-state index contributed by atoms with van der Waals surface area (Å²) in [4.78, 5) is 25.3. The molecule has 0 saturated carbocycles. The number of hydrogen-bond donors (Lipinski definition) is 2. The number of carbonyl (C=O) groups is 1. The van der Waals surface area contributed by atoms with Gasteiger partial charge in [0.25, 0.3) is 5.56 Å². The first kappa shape index (κ1) is 21.7. The summed E-state index contributed by atoms with van der Waals surface area (Å²) < 4.78 is 1.60. The molecule has 3 N–H and O–H groups in total. The molecule has 0 spiro atoms. The van der Waals surface area contributed by atoms with Crippen molar-refractivity contribution in [2.75, 3.05) is 17.7 Å². The minimum absolute atomic E-state index is 0.0147. The molecule has 1 aromatic heterocycles. The predicted octanol–water partition coefficient (Wildman–Crippen LogP) is 4.30. The molecule has 2 aromatic carbocycles. The van der Waals surface area contributed by atoms with Gasteiger partial charge in [0.2, 0.25) is 5.91 Å². The molecule has 0 aliphatic carbocycles. The van der Waals surface area contributed by atoms with E-state index in [1.807, 2.05) is 6.07 Å². The summed E-state index contributed by atoms with van der Waals surface area (Å²) in [5, 5.41) is 4.90. The Morgan fingerprint density at radius 2 is 1.90 bits per heavy atom. The van der Waals surface area contributed by atoms with Crippen molar-refractivity contribution in [3.05, 3.63) is 74.6 Å². The van der Waals surface area contributed by atoms with Crippen LogP contribution in [-0.2, 0) is 17.8 Å². The Morgan fingerprint density at radius 1 is 1.10 bits per heavy atom. The number of alkyl halides is 1. The standard InChI is InChI=1S/C21H20Cl3N3O2/c22-10-14(11-25)12-27-7-6-15-16(21(27)29)2-1-3-19(15)26-20(28)9-13-4-5-17(23)18(24)8-13/h1-8,14H,9-12,25H2,(H,26,28). The van der Waals surface area contributed by atoms with Gasteiger partial charge in [-0.1, -0.05) is 35.3 Å². The molecule has 1 amide bonds. The van der Waals surface area contributed by atoms with Crippen molar-refractivity contribution in [2.24, 2.45) is 11.7 Å². The highest BCUT2D eigenvalue weighted by molar-refractivity contribution is 6.42. The Labute approximate surface area is 183 Å². The smallest absolute Gasteiger partial charge is 0.258 e. The lowest BCUT2D eigenvalue weighted by Gasteiger charge is -2.15. The quantitative estimate of drug-likeness (QED) is 0.525. The topological polar surface area (TPSA) is 77.1 Å². The molecule has 1 heterocycles. The van der Waals surface area contributed by atoms with Crippen LogP contribution in [0, 0.1) is 5.92 Å². The number of nitrogens with zero attached hydrogens (tertiary/aromatic N) is 1. The summed E-state index contributed by atoms with van der Waals surface area (Å²) in [6, 6.07) is 12.1. The third-order valence-electron chi connectivity index (χ3n) is 4.65. The predicted molar refractivity (Wildman–Crippen MR) is 120 cm³/mol. The van der Waals surface area contributed by atoms with Crippen LogP contribution >= 0.6 is 34.8 Å². The molecule has 0 saturated heterocycles. The van der Waals surface area contributed by atoms with Gasteiger partial charge in [0.1, 0.15) is 0 Å². The number of amides is 1. The molecule has 152 valence electrons. The maximum atomic E-state index is 12.8. The zero-order valence-electron chi connectivity index (χ0n) is 15.5. The van der Waals surface area contributed by atoms with E-state index in [0.29, 0.717) is 45.5 Å². The van der Waals surface area contributed by atoms with Crippen LogP contribution in [0.3, 0.4) is 0 Å². The van der Waals surface area contributed by atoms with Gasteiger partial charge in [-0.05, 0) is 42.4 Å². The maximum absolute atomic E-state index is 12.8. The molecule has 0 aliphatic rings. The summed E-state index contributed by atoms with van der Waals surface area (Å²) in [6.45, 7) is 0.849. The van der Waals surface area contributed by atoms with Crippen molar-refractivity contribution in [1.82, 2.24) is 4.57 Å². The van der Waals surface area contributed by atoms with Gasteiger partial charge in [-0.25, -0.2) is 0 Å². The molecule has 5 nitrogen and oxygen atoms in total. The highest BCUT2D eigenvalue weighted by Crippen LogP contribution is 2.24. The molecule has 0 bridgehead atoms. The number of hydrogen-bond acceptors (Lipinski definition) is 3. The van der Waals surface area contributed by atoms with E-state index in [-0.39, 0.29) is 23.8 Å². The van der Waals surface area contributed by atoms with Crippen molar-refractivity contribution in [3.8, 4) is 0 Å². The van der Waals surface area contributed by atoms with Gasteiger partial charge < -0.3 is 15.6 Å². The van der Waals surface area contributed by atoms with E-state index in [9.17, 15) is 9.59 Å². The number of halogens is 3. The number of rotatable bonds is 7. The van der Waals surface area contributed by atoms with E-state index in [2.05, 4.69) is 5.32 Å². The SMILES string of the molecule is NCC(CCl)Cn1ccc2c(NC(=O)Cc3ccc(Cl)c(Cl)c3)cccc2c1=O. The van der Waals surface area contributed by atoms with Gasteiger partial charge >= 0.3 is 0 Å². The molecular formula is C21H20Cl3N3O2. The van der Waals surface area contributed by atoms with Crippen LogP contribution in [0.2, 0.25) is 10.0 Å². The van der Waals surface area contributed by atoms with Crippen LogP contribution in [0.4, 0.5) is 5.69 Å². The van der Waals surface area contributed by atoms with E-state index >= 15 is 0 Å². The largest absolute Gasteiger partial charge is 0.330 e. The minimum Gasteiger partial charge on any atom is -0.330 e. The van der Waals surface area contributed by atoms with E-state index in [0.717, 1.165) is 5.56 Å². The lowest BCUT2D eigenvalue weighted by molar-refractivity contribution is -0.115. The van der Waals surface area contributed by atoms with Crippen molar-refractivity contribution in [2.45, 2.75) is 13.0 Å². The third kappa shape index (κ3) is 5.11. The number of carbonyl (C=O) groups excluding carboxylic acids is 1.